The lowest BCUT2D eigenvalue weighted by Crippen LogP contribution is -2.37. The second kappa shape index (κ2) is 8.29. The average Bonchev–Trinajstić information content (AvgIpc) is 2.46. The van der Waals surface area contributed by atoms with Gasteiger partial charge in [0.1, 0.15) is 5.82 Å². The van der Waals surface area contributed by atoms with Gasteiger partial charge in [0.05, 0.1) is 0 Å². The van der Waals surface area contributed by atoms with Crippen molar-refractivity contribution < 1.29 is 4.39 Å². The Labute approximate surface area is 131 Å². The Balaban J connectivity index is 1.59. The number of thiocarbonyl (C=S) groups is 1. The highest BCUT2D eigenvalue weighted by molar-refractivity contribution is 7.80. The van der Waals surface area contributed by atoms with E-state index in [1.807, 2.05) is 0 Å². The Bertz CT molecular complexity index is 449. The molecule has 2 N–H and O–H groups in total. The third kappa shape index (κ3) is 5.98. The van der Waals surface area contributed by atoms with Crippen molar-refractivity contribution in [2.24, 2.45) is 5.92 Å². The predicted octanol–water partition coefficient (Wildman–Crippen LogP) is 3.23. The van der Waals surface area contributed by atoms with Crippen molar-refractivity contribution in [3.05, 3.63) is 30.1 Å². The van der Waals surface area contributed by atoms with Gasteiger partial charge < -0.3 is 15.5 Å². The Kier molecular flexibility index (Phi) is 6.39. The second-order valence-electron chi connectivity index (χ2n) is 5.79. The second-order valence-corrected chi connectivity index (χ2v) is 6.20. The number of benzene rings is 1. The smallest absolute Gasteiger partial charge is 0.170 e. The van der Waals surface area contributed by atoms with Gasteiger partial charge in [0.15, 0.2) is 5.11 Å². The molecule has 1 unspecified atom stereocenters. The monoisotopic (exact) mass is 309 g/mol. The average molecular weight is 309 g/mol. The first-order valence-electron chi connectivity index (χ1n) is 7.66. The maximum absolute atomic E-state index is 12.8. The molecule has 3 nitrogen and oxygen atoms in total. The third-order valence-electron chi connectivity index (χ3n) is 3.78. The predicted molar refractivity (Wildman–Crippen MR) is 90.1 cm³/mol. The normalized spacial score (nSPS) is 19.2. The first-order valence-corrected chi connectivity index (χ1v) is 8.07. The van der Waals surface area contributed by atoms with Gasteiger partial charge in [-0.05, 0) is 74.8 Å². The Morgan fingerprint density at radius 1 is 1.38 bits per heavy atom. The van der Waals surface area contributed by atoms with Crippen LogP contribution in [0, 0.1) is 11.7 Å². The van der Waals surface area contributed by atoms with Crippen LogP contribution in [-0.4, -0.2) is 36.2 Å². The van der Waals surface area contributed by atoms with Gasteiger partial charge in [0, 0.05) is 18.8 Å². The summed E-state index contributed by atoms with van der Waals surface area (Å²) in [5.41, 5.74) is 0.804. The van der Waals surface area contributed by atoms with Gasteiger partial charge in [-0.2, -0.15) is 0 Å². The number of rotatable bonds is 5. The molecule has 0 radical (unpaired) electrons. The van der Waals surface area contributed by atoms with Crippen molar-refractivity contribution in [2.75, 3.05) is 31.5 Å². The molecular formula is C16H24FN3S. The van der Waals surface area contributed by atoms with Crippen LogP contribution in [0.15, 0.2) is 24.3 Å². The van der Waals surface area contributed by atoms with E-state index >= 15 is 0 Å². The first kappa shape index (κ1) is 16.2. The molecule has 0 saturated carbocycles. The zero-order valence-electron chi connectivity index (χ0n) is 12.6. The van der Waals surface area contributed by atoms with Crippen LogP contribution in [0.4, 0.5) is 10.1 Å². The topological polar surface area (TPSA) is 27.3 Å². The van der Waals surface area contributed by atoms with Gasteiger partial charge in [-0.15, -0.1) is 0 Å². The minimum atomic E-state index is -0.241. The standard InChI is InChI=1S/C16H24FN3S/c1-13-4-2-10-20(12-13)11-3-9-18-16(21)19-15-7-5-14(17)6-8-15/h5-8,13H,2-4,9-12H2,1H3,(H2,18,19,21). The van der Waals surface area contributed by atoms with Crippen molar-refractivity contribution in [1.82, 2.24) is 10.2 Å². The van der Waals surface area contributed by atoms with Crippen LogP contribution in [0.5, 0.6) is 0 Å². The molecule has 0 bridgehead atoms. The highest BCUT2D eigenvalue weighted by Crippen LogP contribution is 2.15. The molecule has 2 rings (SSSR count). The zero-order chi connectivity index (χ0) is 15.1. The van der Waals surface area contributed by atoms with Gasteiger partial charge in [0.25, 0.3) is 0 Å². The Morgan fingerprint density at radius 3 is 2.86 bits per heavy atom. The molecule has 116 valence electrons. The van der Waals surface area contributed by atoms with Crippen LogP contribution >= 0.6 is 12.2 Å². The van der Waals surface area contributed by atoms with E-state index < -0.39 is 0 Å². The van der Waals surface area contributed by atoms with E-state index in [-0.39, 0.29) is 5.82 Å². The number of halogens is 1. The number of piperidine rings is 1. The molecule has 0 spiro atoms. The molecule has 1 aromatic carbocycles. The molecule has 1 atom stereocenters. The third-order valence-corrected chi connectivity index (χ3v) is 4.03. The zero-order valence-corrected chi connectivity index (χ0v) is 13.4. The maximum atomic E-state index is 12.8. The highest BCUT2D eigenvalue weighted by Gasteiger charge is 2.15. The van der Waals surface area contributed by atoms with Gasteiger partial charge in [-0.25, -0.2) is 4.39 Å². The lowest BCUT2D eigenvalue weighted by atomic mass is 10.0. The molecule has 0 aliphatic carbocycles. The molecule has 0 amide bonds. The van der Waals surface area contributed by atoms with E-state index in [0.29, 0.717) is 5.11 Å². The van der Waals surface area contributed by atoms with Crippen LogP contribution in [0.2, 0.25) is 0 Å². The summed E-state index contributed by atoms with van der Waals surface area (Å²) in [5.74, 6) is 0.586. The van der Waals surface area contributed by atoms with Gasteiger partial charge in [-0.1, -0.05) is 6.92 Å². The molecule has 1 saturated heterocycles. The quantitative estimate of drug-likeness (QED) is 0.645. The minimum Gasteiger partial charge on any atom is -0.362 e. The largest absolute Gasteiger partial charge is 0.362 e. The number of likely N-dealkylation sites (tertiary alicyclic amines) is 1. The molecule has 1 aliphatic rings. The van der Waals surface area contributed by atoms with Crippen molar-refractivity contribution in [3.8, 4) is 0 Å². The Hall–Kier alpha value is -1.20. The summed E-state index contributed by atoms with van der Waals surface area (Å²) in [6.45, 7) is 6.75. The summed E-state index contributed by atoms with van der Waals surface area (Å²) in [7, 11) is 0. The van der Waals surface area contributed by atoms with E-state index in [0.717, 1.165) is 31.1 Å². The van der Waals surface area contributed by atoms with Gasteiger partial charge in [-0.3, -0.25) is 0 Å². The summed E-state index contributed by atoms with van der Waals surface area (Å²) in [5, 5.41) is 6.84. The summed E-state index contributed by atoms with van der Waals surface area (Å²) >= 11 is 5.23. The summed E-state index contributed by atoms with van der Waals surface area (Å²) in [6, 6.07) is 6.20. The van der Waals surface area contributed by atoms with Crippen molar-refractivity contribution in [3.63, 3.8) is 0 Å². The fourth-order valence-electron chi connectivity index (χ4n) is 2.70. The van der Waals surface area contributed by atoms with Crippen LogP contribution in [0.1, 0.15) is 26.2 Å². The molecule has 1 fully saturated rings. The van der Waals surface area contributed by atoms with Crippen LogP contribution in [0.3, 0.4) is 0 Å². The van der Waals surface area contributed by atoms with Crippen LogP contribution < -0.4 is 10.6 Å². The van der Waals surface area contributed by atoms with E-state index in [1.165, 1.54) is 38.1 Å². The number of nitrogens with one attached hydrogen (secondary N) is 2. The summed E-state index contributed by atoms with van der Waals surface area (Å²) in [4.78, 5) is 2.53. The fourth-order valence-corrected chi connectivity index (χ4v) is 2.92. The van der Waals surface area contributed by atoms with E-state index in [2.05, 4.69) is 22.5 Å². The number of hydrogen-bond donors (Lipinski definition) is 2. The molecular weight excluding hydrogens is 285 g/mol. The number of anilines is 1. The van der Waals surface area contributed by atoms with Crippen molar-refractivity contribution in [2.45, 2.75) is 26.2 Å². The molecule has 1 aromatic rings. The van der Waals surface area contributed by atoms with Crippen molar-refractivity contribution >= 4 is 23.0 Å². The SMILES string of the molecule is CC1CCCN(CCCNC(=S)Nc2ccc(F)cc2)C1. The fraction of sp³-hybridized carbons (Fsp3) is 0.562. The van der Waals surface area contributed by atoms with Crippen LogP contribution in [0.25, 0.3) is 0 Å². The van der Waals surface area contributed by atoms with E-state index in [4.69, 9.17) is 12.2 Å². The molecule has 0 aromatic heterocycles. The molecule has 1 heterocycles. The van der Waals surface area contributed by atoms with Crippen molar-refractivity contribution in [1.29, 1.82) is 0 Å². The summed E-state index contributed by atoms with van der Waals surface area (Å²) in [6.07, 6.45) is 3.76. The molecule has 1 aliphatic heterocycles. The first-order chi connectivity index (χ1) is 10.1. The molecule has 5 heteroatoms. The van der Waals surface area contributed by atoms with Gasteiger partial charge >= 0.3 is 0 Å². The lowest BCUT2D eigenvalue weighted by Gasteiger charge is -2.30. The highest BCUT2D eigenvalue weighted by atomic mass is 32.1. The molecule has 21 heavy (non-hydrogen) atoms. The minimum absolute atomic E-state index is 0.241. The number of nitrogens with zero attached hydrogens (tertiary/aromatic N) is 1. The van der Waals surface area contributed by atoms with E-state index in [1.54, 1.807) is 12.1 Å². The van der Waals surface area contributed by atoms with E-state index in [9.17, 15) is 4.39 Å². The summed E-state index contributed by atoms with van der Waals surface area (Å²) < 4.78 is 12.8. The maximum Gasteiger partial charge on any atom is 0.170 e. The van der Waals surface area contributed by atoms with Crippen LogP contribution in [-0.2, 0) is 0 Å². The number of hydrogen-bond acceptors (Lipinski definition) is 2. The van der Waals surface area contributed by atoms with Gasteiger partial charge in [0.2, 0.25) is 0 Å². The Morgan fingerprint density at radius 2 is 2.14 bits per heavy atom. The lowest BCUT2D eigenvalue weighted by molar-refractivity contribution is 0.182.